The van der Waals surface area contributed by atoms with Gasteiger partial charge in [0.1, 0.15) is 11.6 Å². The molecule has 2 rings (SSSR count). The number of rotatable bonds is 4. The highest BCUT2D eigenvalue weighted by molar-refractivity contribution is 5.38. The first-order chi connectivity index (χ1) is 7.74. The van der Waals surface area contributed by atoms with Crippen molar-refractivity contribution in [2.75, 3.05) is 17.6 Å². The molecule has 0 aliphatic heterocycles. The summed E-state index contributed by atoms with van der Waals surface area (Å²) in [4.78, 5) is 4.08. The third kappa shape index (κ3) is 2.66. The second kappa shape index (κ2) is 4.56. The molecule has 2 heterocycles. The second-order valence-electron chi connectivity index (χ2n) is 3.26. The molecule has 0 aromatic carbocycles. The van der Waals surface area contributed by atoms with Gasteiger partial charge in [0.25, 0.3) is 0 Å². The van der Waals surface area contributed by atoms with Crippen molar-refractivity contribution < 1.29 is 4.52 Å². The van der Waals surface area contributed by atoms with E-state index in [9.17, 15) is 0 Å². The molecule has 0 atom stereocenters. The molecule has 0 aliphatic rings. The van der Waals surface area contributed by atoms with E-state index in [1.54, 1.807) is 19.1 Å². The first-order valence-corrected chi connectivity index (χ1v) is 4.86. The Morgan fingerprint density at radius 3 is 2.88 bits per heavy atom. The van der Waals surface area contributed by atoms with Gasteiger partial charge >= 0.3 is 0 Å². The van der Waals surface area contributed by atoms with Crippen molar-refractivity contribution in [2.45, 2.75) is 13.3 Å². The molecule has 7 nitrogen and oxygen atoms in total. The Labute approximate surface area is 92.1 Å². The third-order valence-electron chi connectivity index (χ3n) is 1.90. The van der Waals surface area contributed by atoms with Crippen LogP contribution in [0.25, 0.3) is 0 Å². The summed E-state index contributed by atoms with van der Waals surface area (Å²) in [5, 5.41) is 14.4. The number of hydrogen-bond acceptors (Lipinski definition) is 7. The van der Waals surface area contributed by atoms with Crippen LogP contribution in [-0.4, -0.2) is 26.9 Å². The normalized spacial score (nSPS) is 10.3. The van der Waals surface area contributed by atoms with Crippen LogP contribution in [0.5, 0.6) is 0 Å². The van der Waals surface area contributed by atoms with Gasteiger partial charge in [0.15, 0.2) is 5.82 Å². The van der Waals surface area contributed by atoms with Gasteiger partial charge in [-0.15, -0.1) is 10.2 Å². The summed E-state index contributed by atoms with van der Waals surface area (Å²) in [7, 11) is 0. The van der Waals surface area contributed by atoms with Crippen molar-refractivity contribution in [1.82, 2.24) is 20.3 Å². The molecule has 0 aliphatic carbocycles. The number of nitrogens with zero attached hydrogens (tertiary/aromatic N) is 4. The Bertz CT molecular complexity index is 451. The molecule has 84 valence electrons. The summed E-state index contributed by atoms with van der Waals surface area (Å²) in [5.41, 5.74) is 5.41. The molecule has 2 aromatic heterocycles. The monoisotopic (exact) mass is 220 g/mol. The van der Waals surface area contributed by atoms with Crippen LogP contribution in [0.15, 0.2) is 16.7 Å². The van der Waals surface area contributed by atoms with Crippen LogP contribution in [0.1, 0.15) is 11.7 Å². The van der Waals surface area contributed by atoms with Crippen molar-refractivity contribution in [3.05, 3.63) is 23.8 Å². The molecule has 3 N–H and O–H groups in total. The van der Waals surface area contributed by atoms with Gasteiger partial charge in [-0.1, -0.05) is 5.16 Å². The average Bonchev–Trinajstić information content (AvgIpc) is 2.67. The van der Waals surface area contributed by atoms with Crippen LogP contribution < -0.4 is 11.1 Å². The van der Waals surface area contributed by atoms with Crippen molar-refractivity contribution in [2.24, 2.45) is 0 Å². The standard InChI is InChI=1S/C9H12N6O/c1-6-12-9(16-15-6)4-5-11-8-3-2-7(10)13-14-8/h2-3H,4-5H2,1H3,(H2,10,13)(H,11,14). The summed E-state index contributed by atoms with van der Waals surface area (Å²) in [5.74, 6) is 2.32. The molecular formula is C9H12N6O. The first kappa shape index (κ1) is 10.3. The smallest absolute Gasteiger partial charge is 0.228 e. The van der Waals surface area contributed by atoms with Gasteiger partial charge in [-0.2, -0.15) is 4.98 Å². The minimum Gasteiger partial charge on any atom is -0.382 e. The number of anilines is 2. The molecule has 7 heteroatoms. The van der Waals surface area contributed by atoms with Gasteiger partial charge in [0.2, 0.25) is 5.89 Å². The maximum atomic E-state index is 5.41. The van der Waals surface area contributed by atoms with Gasteiger partial charge in [-0.25, -0.2) is 0 Å². The molecule has 0 bridgehead atoms. The zero-order valence-corrected chi connectivity index (χ0v) is 8.84. The quantitative estimate of drug-likeness (QED) is 0.768. The Morgan fingerprint density at radius 1 is 1.38 bits per heavy atom. The van der Waals surface area contributed by atoms with E-state index in [2.05, 4.69) is 25.7 Å². The molecule has 0 amide bonds. The summed E-state index contributed by atoms with van der Waals surface area (Å²) in [6.45, 7) is 2.44. The van der Waals surface area contributed by atoms with Crippen LogP contribution >= 0.6 is 0 Å². The van der Waals surface area contributed by atoms with E-state index in [1.165, 1.54) is 0 Å². The Hall–Kier alpha value is -2.18. The minimum absolute atomic E-state index is 0.401. The van der Waals surface area contributed by atoms with E-state index in [0.717, 1.165) is 0 Å². The number of nitrogens with one attached hydrogen (secondary N) is 1. The fraction of sp³-hybridized carbons (Fsp3) is 0.333. The zero-order valence-electron chi connectivity index (χ0n) is 8.84. The highest BCUT2D eigenvalue weighted by atomic mass is 16.5. The maximum Gasteiger partial charge on any atom is 0.228 e. The molecule has 16 heavy (non-hydrogen) atoms. The summed E-state index contributed by atoms with van der Waals surface area (Å²) >= 11 is 0. The fourth-order valence-corrected chi connectivity index (χ4v) is 1.18. The van der Waals surface area contributed by atoms with Crippen molar-refractivity contribution in [3.63, 3.8) is 0 Å². The predicted molar refractivity (Wildman–Crippen MR) is 57.7 cm³/mol. The topological polar surface area (TPSA) is 103 Å². The van der Waals surface area contributed by atoms with E-state index < -0.39 is 0 Å². The third-order valence-corrected chi connectivity index (χ3v) is 1.90. The molecule has 0 fully saturated rings. The van der Waals surface area contributed by atoms with E-state index in [1.807, 2.05) is 0 Å². The van der Waals surface area contributed by atoms with Gasteiger partial charge < -0.3 is 15.6 Å². The summed E-state index contributed by atoms with van der Waals surface area (Å²) < 4.78 is 4.96. The second-order valence-corrected chi connectivity index (χ2v) is 3.26. The molecule has 0 radical (unpaired) electrons. The molecule has 0 saturated carbocycles. The highest BCUT2D eigenvalue weighted by Gasteiger charge is 2.02. The van der Waals surface area contributed by atoms with Crippen molar-refractivity contribution >= 4 is 11.6 Å². The molecule has 2 aromatic rings. The average molecular weight is 220 g/mol. The Kier molecular flexibility index (Phi) is 2.95. The van der Waals surface area contributed by atoms with E-state index in [0.29, 0.717) is 36.3 Å². The van der Waals surface area contributed by atoms with Gasteiger partial charge in [-0.05, 0) is 19.1 Å². The Balaban J connectivity index is 1.82. The van der Waals surface area contributed by atoms with Gasteiger partial charge in [0.05, 0.1) is 0 Å². The van der Waals surface area contributed by atoms with Crippen LogP contribution in [0, 0.1) is 6.92 Å². The maximum absolute atomic E-state index is 5.41. The predicted octanol–water partition coefficient (Wildman–Crippen LogP) is 0.405. The van der Waals surface area contributed by atoms with Crippen LogP contribution in [0.3, 0.4) is 0 Å². The zero-order chi connectivity index (χ0) is 11.4. The lowest BCUT2D eigenvalue weighted by molar-refractivity contribution is 0.377. The van der Waals surface area contributed by atoms with Crippen molar-refractivity contribution in [1.29, 1.82) is 0 Å². The molecular weight excluding hydrogens is 208 g/mol. The minimum atomic E-state index is 0.401. The number of hydrogen-bond donors (Lipinski definition) is 2. The number of aryl methyl sites for hydroxylation is 1. The summed E-state index contributed by atoms with van der Waals surface area (Å²) in [6.07, 6.45) is 0.646. The van der Waals surface area contributed by atoms with Crippen LogP contribution in [0.2, 0.25) is 0 Å². The SMILES string of the molecule is Cc1noc(CCNc2ccc(N)nn2)n1. The summed E-state index contributed by atoms with van der Waals surface area (Å²) in [6, 6.07) is 3.45. The lowest BCUT2D eigenvalue weighted by atomic mass is 10.4. The highest BCUT2D eigenvalue weighted by Crippen LogP contribution is 2.03. The molecule has 0 unspecified atom stereocenters. The lowest BCUT2D eigenvalue weighted by Crippen LogP contribution is -2.07. The fourth-order valence-electron chi connectivity index (χ4n) is 1.18. The lowest BCUT2D eigenvalue weighted by Gasteiger charge is -2.01. The van der Waals surface area contributed by atoms with Crippen LogP contribution in [0.4, 0.5) is 11.6 Å². The van der Waals surface area contributed by atoms with Crippen LogP contribution in [-0.2, 0) is 6.42 Å². The number of aromatic nitrogens is 4. The van der Waals surface area contributed by atoms with E-state index >= 15 is 0 Å². The van der Waals surface area contributed by atoms with E-state index in [4.69, 9.17) is 10.3 Å². The number of nitrogen functional groups attached to an aromatic ring is 1. The molecule has 0 saturated heterocycles. The largest absolute Gasteiger partial charge is 0.382 e. The number of nitrogens with two attached hydrogens (primary N) is 1. The van der Waals surface area contributed by atoms with Gasteiger partial charge in [-0.3, -0.25) is 0 Å². The van der Waals surface area contributed by atoms with E-state index in [-0.39, 0.29) is 0 Å². The first-order valence-electron chi connectivity index (χ1n) is 4.86. The Morgan fingerprint density at radius 2 is 2.25 bits per heavy atom. The van der Waals surface area contributed by atoms with Gasteiger partial charge in [0, 0.05) is 13.0 Å². The van der Waals surface area contributed by atoms with Crippen molar-refractivity contribution in [3.8, 4) is 0 Å². The molecule has 0 spiro atoms.